The number of carbonyl (C=O) groups excluding carboxylic acids is 3. The molecule has 4 atom stereocenters. The summed E-state index contributed by atoms with van der Waals surface area (Å²) in [5.74, 6) is -4.14. The standard InChI is InChI=1S/C13H19N3O7S.Na/c1-12(2)8(11(21)22)16-9(18)7(13(16,23)24-12)15-6(17)4-3-5(14)10(19)20;/h5,7-8,23H,3-4,14H2,1-2H3,(H,15,17)(H,19,20)(H,21,22);/q;+1/p-1/t5?,7-,8+,13?;/m1./s1. The number of rotatable bonds is 6. The van der Waals surface area contributed by atoms with Crippen LogP contribution in [0.3, 0.4) is 0 Å². The second-order valence-electron chi connectivity index (χ2n) is 6.28. The molecule has 2 aliphatic rings. The Morgan fingerprint density at radius 1 is 1.44 bits per heavy atom. The van der Waals surface area contributed by atoms with Crippen molar-refractivity contribution in [2.45, 2.75) is 54.6 Å². The molecule has 2 fully saturated rings. The zero-order valence-corrected chi connectivity index (χ0v) is 16.8. The van der Waals surface area contributed by atoms with Gasteiger partial charge >= 0.3 is 35.5 Å². The van der Waals surface area contributed by atoms with Gasteiger partial charge in [-0.1, -0.05) is 11.8 Å². The zero-order valence-electron chi connectivity index (χ0n) is 14.0. The SMILES string of the molecule is CC1(C)SC2(O)[C@H](NC(=O)CCC(N)C(=O)O)C(=O)N2[C@H]1C(=O)[O-].[Na+]. The second-order valence-corrected chi connectivity index (χ2v) is 8.14. The topological polar surface area (TPSA) is 173 Å². The van der Waals surface area contributed by atoms with Crippen molar-refractivity contribution in [3.8, 4) is 0 Å². The van der Waals surface area contributed by atoms with E-state index in [1.807, 2.05) is 0 Å². The van der Waals surface area contributed by atoms with Crippen molar-refractivity contribution >= 4 is 35.5 Å². The maximum absolute atomic E-state index is 12.2. The number of fused-ring (bicyclic) bond motifs is 1. The average molecular weight is 383 g/mol. The Labute approximate surface area is 169 Å². The quantitative estimate of drug-likeness (QED) is 0.257. The summed E-state index contributed by atoms with van der Waals surface area (Å²) in [4.78, 5) is 46.7. The van der Waals surface area contributed by atoms with E-state index in [9.17, 15) is 29.4 Å². The third kappa shape index (κ3) is 3.81. The first-order valence-electron chi connectivity index (χ1n) is 7.16. The first-order chi connectivity index (χ1) is 10.9. The number of carboxylic acid groups (broad SMARTS) is 2. The molecule has 0 saturated carbocycles. The normalized spacial score (nSPS) is 30.6. The van der Waals surface area contributed by atoms with Crippen LogP contribution in [0.2, 0.25) is 0 Å². The molecule has 0 radical (unpaired) electrons. The van der Waals surface area contributed by atoms with Crippen molar-refractivity contribution in [3.63, 3.8) is 0 Å². The number of carbonyl (C=O) groups is 4. The molecule has 2 unspecified atom stereocenters. The van der Waals surface area contributed by atoms with Crippen LogP contribution in [0.25, 0.3) is 0 Å². The van der Waals surface area contributed by atoms with E-state index in [1.165, 1.54) is 0 Å². The van der Waals surface area contributed by atoms with Gasteiger partial charge in [-0.25, -0.2) is 0 Å². The summed E-state index contributed by atoms with van der Waals surface area (Å²) in [5.41, 5.74) is 5.29. The largest absolute Gasteiger partial charge is 1.00 e. The Bertz CT molecular complexity index is 616. The fourth-order valence-corrected chi connectivity index (χ4v) is 4.55. The maximum Gasteiger partial charge on any atom is 1.00 e. The Morgan fingerprint density at radius 2 is 2.00 bits per heavy atom. The van der Waals surface area contributed by atoms with Crippen LogP contribution in [-0.4, -0.2) is 66.8 Å². The molecule has 0 aromatic rings. The third-order valence-electron chi connectivity index (χ3n) is 4.06. The predicted molar refractivity (Wildman–Crippen MR) is 79.0 cm³/mol. The van der Waals surface area contributed by atoms with Crippen LogP contribution in [0.15, 0.2) is 0 Å². The molecule has 2 saturated heterocycles. The van der Waals surface area contributed by atoms with Crippen LogP contribution in [-0.2, 0) is 19.2 Å². The molecule has 2 rings (SSSR count). The molecule has 0 aliphatic carbocycles. The van der Waals surface area contributed by atoms with Crippen LogP contribution in [0.4, 0.5) is 0 Å². The van der Waals surface area contributed by atoms with Crippen LogP contribution >= 0.6 is 11.8 Å². The molecule has 10 nitrogen and oxygen atoms in total. The van der Waals surface area contributed by atoms with Gasteiger partial charge in [0.15, 0.2) is 6.04 Å². The number of aliphatic carboxylic acids is 2. The molecule has 134 valence electrons. The van der Waals surface area contributed by atoms with Gasteiger partial charge in [-0.2, -0.15) is 0 Å². The summed E-state index contributed by atoms with van der Waals surface area (Å²) in [6, 6.07) is -3.84. The number of nitrogens with zero attached hydrogens (tertiary/aromatic N) is 1. The Balaban J connectivity index is 0.00000312. The van der Waals surface area contributed by atoms with Gasteiger partial charge in [0.2, 0.25) is 11.0 Å². The van der Waals surface area contributed by atoms with E-state index in [-0.39, 0.29) is 42.4 Å². The molecule has 2 heterocycles. The summed E-state index contributed by atoms with van der Waals surface area (Å²) in [6.45, 7) is 3.10. The minimum Gasteiger partial charge on any atom is -0.548 e. The number of β-lactam (4-membered cyclic amide) rings is 1. The number of amides is 2. The van der Waals surface area contributed by atoms with Crippen LogP contribution in [0.1, 0.15) is 26.7 Å². The molecule has 25 heavy (non-hydrogen) atoms. The van der Waals surface area contributed by atoms with Gasteiger partial charge in [-0.15, -0.1) is 0 Å². The number of thioether (sulfide) groups is 1. The molecule has 0 bridgehead atoms. The van der Waals surface area contributed by atoms with Crippen molar-refractivity contribution in [1.29, 1.82) is 0 Å². The van der Waals surface area contributed by atoms with E-state index in [4.69, 9.17) is 10.8 Å². The van der Waals surface area contributed by atoms with Gasteiger partial charge in [-0.3, -0.25) is 19.3 Å². The summed E-state index contributed by atoms with van der Waals surface area (Å²) in [5, 5.41) is 31.0. The van der Waals surface area contributed by atoms with Crippen LogP contribution in [0, 0.1) is 0 Å². The van der Waals surface area contributed by atoms with Gasteiger partial charge < -0.3 is 31.2 Å². The van der Waals surface area contributed by atoms with E-state index < -0.39 is 51.7 Å². The Hall–Kier alpha value is -0.850. The summed E-state index contributed by atoms with van der Waals surface area (Å²) in [6.07, 6.45) is -0.379. The Kier molecular flexibility index (Phi) is 6.58. The summed E-state index contributed by atoms with van der Waals surface area (Å²) >= 11 is 0.846. The number of aliphatic hydroxyl groups is 1. The minimum atomic E-state index is -1.88. The van der Waals surface area contributed by atoms with Crippen molar-refractivity contribution in [2.75, 3.05) is 0 Å². The fourth-order valence-electron chi connectivity index (χ4n) is 2.89. The summed E-state index contributed by atoms with van der Waals surface area (Å²) < 4.78 is -1.01. The number of nitrogens with two attached hydrogens (primary N) is 1. The number of carboxylic acids is 2. The number of hydrogen-bond donors (Lipinski definition) is 4. The van der Waals surface area contributed by atoms with Gasteiger partial charge in [-0.05, 0) is 20.3 Å². The van der Waals surface area contributed by atoms with Crippen molar-refractivity contribution in [1.82, 2.24) is 10.2 Å². The molecular formula is C13H18N3NaO7S. The number of hydrogen-bond acceptors (Lipinski definition) is 8. The van der Waals surface area contributed by atoms with Gasteiger partial charge in [0.1, 0.15) is 6.04 Å². The average Bonchev–Trinajstić information content (AvgIpc) is 2.65. The third-order valence-corrected chi connectivity index (χ3v) is 5.55. The second kappa shape index (κ2) is 7.41. The molecule has 0 aromatic carbocycles. The van der Waals surface area contributed by atoms with E-state index >= 15 is 0 Å². The first-order valence-corrected chi connectivity index (χ1v) is 7.98. The molecule has 0 spiro atoms. The van der Waals surface area contributed by atoms with Gasteiger partial charge in [0.05, 0.1) is 12.0 Å². The number of nitrogens with one attached hydrogen (secondary N) is 1. The Morgan fingerprint density at radius 3 is 2.48 bits per heavy atom. The van der Waals surface area contributed by atoms with Crippen LogP contribution < -0.4 is 45.7 Å². The van der Waals surface area contributed by atoms with E-state index in [0.29, 0.717) is 0 Å². The van der Waals surface area contributed by atoms with Gasteiger partial charge in [0, 0.05) is 11.2 Å². The molecule has 5 N–H and O–H groups in total. The monoisotopic (exact) mass is 383 g/mol. The zero-order chi connectivity index (χ0) is 18.4. The molecule has 12 heteroatoms. The van der Waals surface area contributed by atoms with E-state index in [1.54, 1.807) is 13.8 Å². The minimum absolute atomic E-state index is 0. The van der Waals surface area contributed by atoms with E-state index in [2.05, 4.69) is 5.32 Å². The molecule has 2 aliphatic heterocycles. The van der Waals surface area contributed by atoms with Crippen molar-refractivity contribution in [3.05, 3.63) is 0 Å². The molecular weight excluding hydrogens is 365 g/mol. The van der Waals surface area contributed by atoms with Crippen molar-refractivity contribution < 1.29 is 64.1 Å². The fraction of sp³-hybridized carbons (Fsp3) is 0.692. The molecule has 0 aromatic heterocycles. The summed E-state index contributed by atoms with van der Waals surface area (Å²) in [7, 11) is 0. The van der Waals surface area contributed by atoms with Gasteiger partial charge in [0.25, 0.3) is 5.91 Å². The van der Waals surface area contributed by atoms with E-state index in [0.717, 1.165) is 16.7 Å². The molecule has 2 amide bonds. The smallest absolute Gasteiger partial charge is 0.548 e. The predicted octanol–water partition coefficient (Wildman–Crippen LogP) is -6.20. The van der Waals surface area contributed by atoms with Crippen LogP contribution in [0.5, 0.6) is 0 Å². The first kappa shape index (κ1) is 22.2. The maximum atomic E-state index is 12.2. The van der Waals surface area contributed by atoms with Crippen molar-refractivity contribution in [2.24, 2.45) is 5.73 Å².